The second kappa shape index (κ2) is 10.0. The Hall–Kier alpha value is -3.20. The van der Waals surface area contributed by atoms with Gasteiger partial charge in [0.15, 0.2) is 0 Å². The lowest BCUT2D eigenvalue weighted by Gasteiger charge is -2.29. The molecule has 0 aromatic heterocycles. The van der Waals surface area contributed by atoms with Crippen molar-refractivity contribution in [2.24, 2.45) is 0 Å². The average molecular weight is 395 g/mol. The lowest BCUT2D eigenvalue weighted by Crippen LogP contribution is -2.19. The quantitative estimate of drug-likeness (QED) is 0.371. The maximum absolute atomic E-state index is 11.3. The van der Waals surface area contributed by atoms with Gasteiger partial charge in [0, 0.05) is 6.42 Å². The van der Waals surface area contributed by atoms with Crippen LogP contribution in [0.25, 0.3) is 0 Å². The fourth-order valence-electron chi connectivity index (χ4n) is 3.72. The molecule has 2 nitrogen and oxygen atoms in total. The van der Waals surface area contributed by atoms with E-state index in [1.807, 2.05) is 97.1 Å². The fraction of sp³-hybridized carbons (Fsp3) is 0.143. The molecule has 4 aromatic carbocycles. The minimum atomic E-state index is -0.768. The van der Waals surface area contributed by atoms with Gasteiger partial charge in [-0.2, -0.15) is 0 Å². The molecule has 0 spiro atoms. The number of hydrogen-bond donors (Lipinski definition) is 1. The van der Waals surface area contributed by atoms with Gasteiger partial charge in [0.05, 0.1) is 6.10 Å². The summed E-state index contributed by atoms with van der Waals surface area (Å²) >= 11 is 0. The highest BCUT2D eigenvalue weighted by Crippen LogP contribution is 2.37. The van der Waals surface area contributed by atoms with Crippen molar-refractivity contribution in [3.05, 3.63) is 144 Å². The molecule has 2 heteroatoms. The Kier molecular flexibility index (Phi) is 6.71. The predicted molar refractivity (Wildman–Crippen MR) is 121 cm³/mol. The molecule has 4 aromatic rings. The van der Waals surface area contributed by atoms with Gasteiger partial charge >= 0.3 is 0 Å². The minimum absolute atomic E-state index is 0.183. The maximum atomic E-state index is 11.3. The Bertz CT molecular complexity index is 1000. The van der Waals surface area contributed by atoms with E-state index in [2.05, 4.69) is 24.3 Å². The van der Waals surface area contributed by atoms with Crippen LogP contribution in [0.4, 0.5) is 0 Å². The van der Waals surface area contributed by atoms with Gasteiger partial charge in [-0.25, -0.2) is 0 Å². The van der Waals surface area contributed by atoms with Crippen molar-refractivity contribution in [1.29, 1.82) is 0 Å². The summed E-state index contributed by atoms with van der Waals surface area (Å²) in [5.41, 5.74) is 4.11. The Morgan fingerprint density at radius 1 is 0.533 bits per heavy atom. The molecule has 3 atom stereocenters. The zero-order valence-corrected chi connectivity index (χ0v) is 16.8. The van der Waals surface area contributed by atoms with Crippen molar-refractivity contribution >= 4 is 0 Å². The molecule has 30 heavy (non-hydrogen) atoms. The molecule has 0 saturated carbocycles. The highest BCUT2D eigenvalue weighted by atomic mass is 16.5. The summed E-state index contributed by atoms with van der Waals surface area (Å²) in [5.74, 6) is 0. The first-order valence-electron chi connectivity index (χ1n) is 10.3. The number of rotatable bonds is 8. The molecule has 0 aliphatic heterocycles. The molecular weight excluding hydrogens is 368 g/mol. The van der Waals surface area contributed by atoms with E-state index < -0.39 is 12.2 Å². The molecule has 0 bridgehead atoms. The third-order valence-electron chi connectivity index (χ3n) is 5.30. The Morgan fingerprint density at radius 2 is 0.967 bits per heavy atom. The Morgan fingerprint density at radius 3 is 1.50 bits per heavy atom. The van der Waals surface area contributed by atoms with Crippen LogP contribution < -0.4 is 0 Å². The van der Waals surface area contributed by atoms with E-state index in [4.69, 9.17) is 4.74 Å². The van der Waals surface area contributed by atoms with E-state index in [1.54, 1.807) is 0 Å². The van der Waals surface area contributed by atoms with Crippen LogP contribution in [0.2, 0.25) is 0 Å². The SMILES string of the molecule is OC(c1ccccc1)C(OC(Cc1ccccc1)c1ccccc1)c1ccccc1. The molecule has 0 saturated heterocycles. The lowest BCUT2D eigenvalue weighted by molar-refractivity contribution is -0.0830. The third kappa shape index (κ3) is 5.04. The second-order valence-electron chi connectivity index (χ2n) is 7.41. The number of hydrogen-bond acceptors (Lipinski definition) is 2. The van der Waals surface area contributed by atoms with Gasteiger partial charge in [0.25, 0.3) is 0 Å². The number of aliphatic hydroxyl groups excluding tert-OH is 1. The highest BCUT2D eigenvalue weighted by molar-refractivity contribution is 5.27. The van der Waals surface area contributed by atoms with Crippen LogP contribution in [-0.4, -0.2) is 5.11 Å². The first-order valence-corrected chi connectivity index (χ1v) is 10.3. The molecule has 0 fully saturated rings. The van der Waals surface area contributed by atoms with E-state index in [9.17, 15) is 5.11 Å². The molecule has 3 unspecified atom stereocenters. The summed E-state index contributed by atoms with van der Waals surface area (Å²) in [6.45, 7) is 0. The molecule has 0 amide bonds. The Labute approximate surface area is 178 Å². The van der Waals surface area contributed by atoms with E-state index in [1.165, 1.54) is 5.56 Å². The van der Waals surface area contributed by atoms with Gasteiger partial charge in [-0.1, -0.05) is 121 Å². The summed E-state index contributed by atoms with van der Waals surface area (Å²) in [6, 6.07) is 40.3. The van der Waals surface area contributed by atoms with Gasteiger partial charge in [-0.3, -0.25) is 0 Å². The van der Waals surface area contributed by atoms with Crippen molar-refractivity contribution in [3.8, 4) is 0 Å². The zero-order chi connectivity index (χ0) is 20.6. The van der Waals surface area contributed by atoms with Crippen LogP contribution >= 0.6 is 0 Å². The standard InChI is InChI=1S/C28H26O2/c29-27(24-17-9-3-10-18-24)28(25-19-11-4-12-20-25)30-26(23-15-7-2-8-16-23)21-22-13-5-1-6-14-22/h1-20,26-29H,21H2. The monoisotopic (exact) mass is 394 g/mol. The summed E-state index contributed by atoms with van der Waals surface area (Å²) in [7, 11) is 0. The molecule has 150 valence electrons. The number of aliphatic hydroxyl groups is 1. The van der Waals surface area contributed by atoms with Crippen LogP contribution in [0.3, 0.4) is 0 Å². The minimum Gasteiger partial charge on any atom is -0.385 e. The molecule has 0 aliphatic carbocycles. The second-order valence-corrected chi connectivity index (χ2v) is 7.41. The molecule has 1 N–H and O–H groups in total. The van der Waals surface area contributed by atoms with Crippen molar-refractivity contribution in [1.82, 2.24) is 0 Å². The van der Waals surface area contributed by atoms with Gasteiger partial charge in [-0.15, -0.1) is 0 Å². The van der Waals surface area contributed by atoms with Gasteiger partial charge in [0.1, 0.15) is 12.2 Å². The molecule has 0 heterocycles. The number of benzene rings is 4. The van der Waals surface area contributed by atoms with Crippen LogP contribution in [0.15, 0.2) is 121 Å². The summed E-state index contributed by atoms with van der Waals surface area (Å²) in [6.07, 6.45) is -0.703. The lowest BCUT2D eigenvalue weighted by atomic mass is 9.96. The summed E-state index contributed by atoms with van der Waals surface area (Å²) < 4.78 is 6.69. The van der Waals surface area contributed by atoms with E-state index in [-0.39, 0.29) is 6.10 Å². The Balaban J connectivity index is 1.69. The average Bonchev–Trinajstić information content (AvgIpc) is 2.83. The zero-order valence-electron chi connectivity index (χ0n) is 16.8. The molecule has 0 radical (unpaired) electrons. The van der Waals surface area contributed by atoms with Crippen molar-refractivity contribution in [3.63, 3.8) is 0 Å². The highest BCUT2D eigenvalue weighted by Gasteiger charge is 2.27. The summed E-state index contributed by atoms with van der Waals surface area (Å²) in [5, 5.41) is 11.3. The van der Waals surface area contributed by atoms with Crippen molar-refractivity contribution < 1.29 is 9.84 Å². The molecular formula is C28H26O2. The van der Waals surface area contributed by atoms with E-state index in [0.29, 0.717) is 0 Å². The maximum Gasteiger partial charge on any atom is 0.113 e. The molecule has 0 aliphatic rings. The van der Waals surface area contributed by atoms with E-state index in [0.717, 1.165) is 23.1 Å². The van der Waals surface area contributed by atoms with E-state index >= 15 is 0 Å². The topological polar surface area (TPSA) is 29.5 Å². The van der Waals surface area contributed by atoms with Crippen molar-refractivity contribution in [2.45, 2.75) is 24.7 Å². The van der Waals surface area contributed by atoms with Crippen LogP contribution in [0.5, 0.6) is 0 Å². The van der Waals surface area contributed by atoms with Gasteiger partial charge < -0.3 is 9.84 Å². The fourth-order valence-corrected chi connectivity index (χ4v) is 3.72. The normalized spacial score (nSPS) is 14.0. The first-order chi connectivity index (χ1) is 14.8. The third-order valence-corrected chi connectivity index (χ3v) is 5.30. The van der Waals surface area contributed by atoms with Gasteiger partial charge in [0.2, 0.25) is 0 Å². The van der Waals surface area contributed by atoms with Gasteiger partial charge in [-0.05, 0) is 22.3 Å². The van der Waals surface area contributed by atoms with Crippen molar-refractivity contribution in [2.75, 3.05) is 0 Å². The van der Waals surface area contributed by atoms with Crippen LogP contribution in [-0.2, 0) is 11.2 Å². The molecule has 4 rings (SSSR count). The largest absolute Gasteiger partial charge is 0.385 e. The number of ether oxygens (including phenoxy) is 1. The predicted octanol–water partition coefficient (Wildman–Crippen LogP) is 6.46. The smallest absolute Gasteiger partial charge is 0.113 e. The van der Waals surface area contributed by atoms with Crippen LogP contribution in [0.1, 0.15) is 40.6 Å². The van der Waals surface area contributed by atoms with Crippen LogP contribution in [0, 0.1) is 0 Å². The summed E-state index contributed by atoms with van der Waals surface area (Å²) in [4.78, 5) is 0. The first kappa shape index (κ1) is 20.1.